The highest BCUT2D eigenvalue weighted by Crippen LogP contribution is 2.32. The summed E-state index contributed by atoms with van der Waals surface area (Å²) >= 11 is 0. The number of hydrogen-bond donors (Lipinski definition) is 1. The quantitative estimate of drug-likeness (QED) is 0.805. The molecule has 0 radical (unpaired) electrons. The van der Waals surface area contributed by atoms with Gasteiger partial charge in [0.15, 0.2) is 11.5 Å². The SMILES string of the molecule is CC(C)OCCN1CCC(NC(C)c2ccc3c(c2)OCCCO3)CC1. The predicted octanol–water partition coefficient (Wildman–Crippen LogP) is 3.39. The fraction of sp³-hybridized carbons (Fsp3) is 0.714. The summed E-state index contributed by atoms with van der Waals surface area (Å²) < 4.78 is 17.2. The molecule has 1 unspecified atom stereocenters. The second-order valence-electron chi connectivity index (χ2n) is 7.68. The second-order valence-corrected chi connectivity index (χ2v) is 7.68. The van der Waals surface area contributed by atoms with E-state index in [-0.39, 0.29) is 0 Å². The van der Waals surface area contributed by atoms with Crippen molar-refractivity contribution in [1.29, 1.82) is 0 Å². The molecule has 5 heteroatoms. The Labute approximate surface area is 158 Å². The van der Waals surface area contributed by atoms with Crippen LogP contribution in [0.4, 0.5) is 0 Å². The Morgan fingerprint density at radius 2 is 1.85 bits per heavy atom. The Morgan fingerprint density at radius 1 is 1.12 bits per heavy atom. The normalized spacial score (nSPS) is 20.2. The molecule has 1 N–H and O–H groups in total. The molecular formula is C21H34N2O3. The van der Waals surface area contributed by atoms with Gasteiger partial charge in [0.25, 0.3) is 0 Å². The van der Waals surface area contributed by atoms with Gasteiger partial charge in [-0.15, -0.1) is 0 Å². The minimum Gasteiger partial charge on any atom is -0.490 e. The topological polar surface area (TPSA) is 43.0 Å². The van der Waals surface area contributed by atoms with E-state index in [0.717, 1.165) is 57.4 Å². The van der Waals surface area contributed by atoms with Crippen LogP contribution in [-0.4, -0.2) is 56.5 Å². The van der Waals surface area contributed by atoms with Crippen LogP contribution in [0.5, 0.6) is 11.5 Å². The van der Waals surface area contributed by atoms with Crippen LogP contribution in [0, 0.1) is 0 Å². The average molecular weight is 363 g/mol. The molecule has 0 amide bonds. The van der Waals surface area contributed by atoms with E-state index in [1.807, 2.05) is 6.07 Å². The zero-order chi connectivity index (χ0) is 18.4. The fourth-order valence-electron chi connectivity index (χ4n) is 3.64. The number of ether oxygens (including phenoxy) is 3. The summed E-state index contributed by atoms with van der Waals surface area (Å²) in [4.78, 5) is 2.51. The van der Waals surface area contributed by atoms with E-state index in [1.54, 1.807) is 0 Å². The number of nitrogens with one attached hydrogen (secondary N) is 1. The summed E-state index contributed by atoms with van der Waals surface area (Å²) in [5, 5.41) is 3.80. The Morgan fingerprint density at radius 3 is 2.58 bits per heavy atom. The van der Waals surface area contributed by atoms with E-state index < -0.39 is 0 Å². The molecule has 1 aromatic rings. The van der Waals surface area contributed by atoms with Crippen LogP contribution in [0.15, 0.2) is 18.2 Å². The van der Waals surface area contributed by atoms with Gasteiger partial charge >= 0.3 is 0 Å². The molecule has 0 aromatic heterocycles. The minimum atomic E-state index is 0.313. The summed E-state index contributed by atoms with van der Waals surface area (Å²) in [7, 11) is 0. The van der Waals surface area contributed by atoms with Gasteiger partial charge in [-0.2, -0.15) is 0 Å². The monoisotopic (exact) mass is 362 g/mol. The number of nitrogens with zero attached hydrogens (tertiary/aromatic N) is 1. The lowest BCUT2D eigenvalue weighted by Crippen LogP contribution is -2.44. The van der Waals surface area contributed by atoms with Crippen molar-refractivity contribution >= 4 is 0 Å². The van der Waals surface area contributed by atoms with Gasteiger partial charge in [0.2, 0.25) is 0 Å². The van der Waals surface area contributed by atoms with Crippen molar-refractivity contribution in [3.8, 4) is 11.5 Å². The van der Waals surface area contributed by atoms with Gasteiger partial charge in [-0.05, 0) is 64.4 Å². The second kappa shape index (κ2) is 9.58. The molecule has 1 aromatic carbocycles. The van der Waals surface area contributed by atoms with E-state index in [1.165, 1.54) is 18.4 Å². The van der Waals surface area contributed by atoms with Crippen molar-refractivity contribution in [1.82, 2.24) is 10.2 Å². The molecule has 1 saturated heterocycles. The van der Waals surface area contributed by atoms with Crippen molar-refractivity contribution in [3.05, 3.63) is 23.8 Å². The highest BCUT2D eigenvalue weighted by atomic mass is 16.5. The maximum atomic E-state index is 5.83. The molecule has 26 heavy (non-hydrogen) atoms. The Balaban J connectivity index is 1.45. The molecule has 3 rings (SSSR count). The Bertz CT molecular complexity index is 556. The highest BCUT2D eigenvalue weighted by Gasteiger charge is 2.21. The van der Waals surface area contributed by atoms with Crippen LogP contribution in [-0.2, 0) is 4.74 Å². The van der Waals surface area contributed by atoms with Gasteiger partial charge in [-0.1, -0.05) is 6.07 Å². The summed E-state index contributed by atoms with van der Waals surface area (Å²) in [6.45, 7) is 12.1. The first-order valence-electron chi connectivity index (χ1n) is 10.1. The van der Waals surface area contributed by atoms with E-state index >= 15 is 0 Å². The molecule has 0 aliphatic carbocycles. The molecule has 1 atom stereocenters. The number of hydrogen-bond acceptors (Lipinski definition) is 5. The maximum Gasteiger partial charge on any atom is 0.161 e. The smallest absolute Gasteiger partial charge is 0.161 e. The third-order valence-corrected chi connectivity index (χ3v) is 5.20. The average Bonchev–Trinajstić information content (AvgIpc) is 2.87. The number of fused-ring (bicyclic) bond motifs is 1. The van der Waals surface area contributed by atoms with Gasteiger partial charge in [0.05, 0.1) is 25.9 Å². The molecule has 2 aliphatic heterocycles. The van der Waals surface area contributed by atoms with E-state index in [0.29, 0.717) is 18.2 Å². The molecule has 2 heterocycles. The highest BCUT2D eigenvalue weighted by molar-refractivity contribution is 5.44. The molecule has 146 valence electrons. The lowest BCUT2D eigenvalue weighted by molar-refractivity contribution is 0.0523. The van der Waals surface area contributed by atoms with Gasteiger partial charge in [0, 0.05) is 25.0 Å². The Kier molecular flexibility index (Phi) is 7.17. The van der Waals surface area contributed by atoms with Gasteiger partial charge in [0.1, 0.15) is 0 Å². The first-order valence-corrected chi connectivity index (χ1v) is 10.1. The Hall–Kier alpha value is -1.30. The minimum absolute atomic E-state index is 0.313. The molecule has 0 saturated carbocycles. The standard InChI is InChI=1S/C21H34N2O3/c1-16(2)24-14-11-23-9-7-19(8-10-23)22-17(3)18-5-6-20-21(15-18)26-13-4-12-25-20/h5-6,15-17,19,22H,4,7-14H2,1-3H3. The third kappa shape index (κ3) is 5.60. The lowest BCUT2D eigenvalue weighted by Gasteiger charge is -2.34. The molecule has 0 bridgehead atoms. The van der Waals surface area contributed by atoms with Crippen LogP contribution < -0.4 is 14.8 Å². The number of benzene rings is 1. The molecule has 5 nitrogen and oxygen atoms in total. The molecular weight excluding hydrogens is 328 g/mol. The molecule has 2 aliphatic rings. The van der Waals surface area contributed by atoms with Crippen molar-refractivity contribution in [3.63, 3.8) is 0 Å². The number of rotatable bonds is 7. The van der Waals surface area contributed by atoms with Crippen molar-refractivity contribution in [2.45, 2.75) is 58.2 Å². The van der Waals surface area contributed by atoms with E-state index in [9.17, 15) is 0 Å². The molecule has 1 fully saturated rings. The van der Waals surface area contributed by atoms with Crippen molar-refractivity contribution in [2.24, 2.45) is 0 Å². The number of likely N-dealkylation sites (tertiary alicyclic amines) is 1. The summed E-state index contributed by atoms with van der Waals surface area (Å²) in [6.07, 6.45) is 3.65. The zero-order valence-electron chi connectivity index (χ0n) is 16.5. The van der Waals surface area contributed by atoms with Crippen LogP contribution >= 0.6 is 0 Å². The third-order valence-electron chi connectivity index (χ3n) is 5.20. The van der Waals surface area contributed by atoms with Crippen molar-refractivity contribution in [2.75, 3.05) is 39.5 Å². The van der Waals surface area contributed by atoms with Gasteiger partial charge in [-0.3, -0.25) is 0 Å². The molecule has 0 spiro atoms. The first kappa shape index (κ1) is 19.5. The summed E-state index contributed by atoms with van der Waals surface area (Å²) in [6, 6.07) is 7.22. The first-order chi connectivity index (χ1) is 12.6. The summed E-state index contributed by atoms with van der Waals surface area (Å²) in [5.41, 5.74) is 1.27. The van der Waals surface area contributed by atoms with Crippen molar-refractivity contribution < 1.29 is 14.2 Å². The van der Waals surface area contributed by atoms with Gasteiger partial charge in [-0.25, -0.2) is 0 Å². The number of piperidine rings is 1. The fourth-order valence-corrected chi connectivity index (χ4v) is 3.64. The van der Waals surface area contributed by atoms with Crippen LogP contribution in [0.25, 0.3) is 0 Å². The van der Waals surface area contributed by atoms with Crippen LogP contribution in [0.3, 0.4) is 0 Å². The predicted molar refractivity (Wildman–Crippen MR) is 104 cm³/mol. The maximum absolute atomic E-state index is 5.83. The zero-order valence-corrected chi connectivity index (χ0v) is 16.5. The largest absolute Gasteiger partial charge is 0.490 e. The van der Waals surface area contributed by atoms with Crippen LogP contribution in [0.1, 0.15) is 51.6 Å². The van der Waals surface area contributed by atoms with E-state index in [2.05, 4.69) is 43.1 Å². The van der Waals surface area contributed by atoms with Crippen LogP contribution in [0.2, 0.25) is 0 Å². The summed E-state index contributed by atoms with van der Waals surface area (Å²) in [5.74, 6) is 1.75. The van der Waals surface area contributed by atoms with E-state index in [4.69, 9.17) is 14.2 Å². The lowest BCUT2D eigenvalue weighted by atomic mass is 10.0. The van der Waals surface area contributed by atoms with Gasteiger partial charge < -0.3 is 24.4 Å².